The van der Waals surface area contributed by atoms with Gasteiger partial charge in [-0.3, -0.25) is 4.79 Å². The van der Waals surface area contributed by atoms with E-state index < -0.39 is 0 Å². The van der Waals surface area contributed by atoms with Crippen LogP contribution in [0.2, 0.25) is 0 Å². The molecule has 2 aromatic carbocycles. The Morgan fingerprint density at radius 1 is 1.14 bits per heavy atom. The van der Waals surface area contributed by atoms with Crippen LogP contribution in [-0.2, 0) is 13.1 Å². The summed E-state index contributed by atoms with van der Waals surface area (Å²) in [7, 11) is 1.63. The van der Waals surface area contributed by atoms with Crippen molar-refractivity contribution in [2.24, 2.45) is 0 Å². The summed E-state index contributed by atoms with van der Waals surface area (Å²) in [5.41, 5.74) is 3.58. The largest absolute Gasteiger partial charge is 0.497 e. The summed E-state index contributed by atoms with van der Waals surface area (Å²) in [6.45, 7) is 2.92. The highest BCUT2D eigenvalue weighted by molar-refractivity contribution is 5.80. The lowest BCUT2D eigenvalue weighted by Gasteiger charge is -2.07. The molecule has 0 saturated heterocycles. The number of methoxy groups -OCH3 is 1. The number of halogens is 1. The van der Waals surface area contributed by atoms with E-state index in [1.165, 1.54) is 12.1 Å². The molecule has 29 heavy (non-hydrogen) atoms. The summed E-state index contributed by atoms with van der Waals surface area (Å²) in [6, 6.07) is 15.6. The summed E-state index contributed by atoms with van der Waals surface area (Å²) in [6.07, 6.45) is 0. The minimum Gasteiger partial charge on any atom is -0.497 e. The maximum absolute atomic E-state index is 13.2. The zero-order valence-electron chi connectivity index (χ0n) is 16.2. The molecule has 0 saturated carbocycles. The third-order valence-corrected chi connectivity index (χ3v) is 4.80. The Balaban J connectivity index is 1.58. The van der Waals surface area contributed by atoms with Crippen molar-refractivity contribution in [2.75, 3.05) is 7.11 Å². The van der Waals surface area contributed by atoms with E-state index in [1.54, 1.807) is 23.9 Å². The summed E-state index contributed by atoms with van der Waals surface area (Å²) >= 11 is 0. The number of hydrogen-bond acceptors (Lipinski definition) is 4. The van der Waals surface area contributed by atoms with Gasteiger partial charge in [-0.1, -0.05) is 12.1 Å². The molecule has 0 aliphatic heterocycles. The van der Waals surface area contributed by atoms with Crippen LogP contribution < -0.4 is 15.6 Å². The lowest BCUT2D eigenvalue weighted by Crippen LogP contribution is -2.21. The molecule has 0 amide bonds. The number of rotatable bonds is 6. The molecule has 6 nitrogen and oxygen atoms in total. The summed E-state index contributed by atoms with van der Waals surface area (Å²) in [5.74, 6) is 0.479. The van der Waals surface area contributed by atoms with E-state index in [0.29, 0.717) is 30.0 Å². The number of aromatic nitrogens is 3. The number of pyridine rings is 1. The van der Waals surface area contributed by atoms with Gasteiger partial charge in [0.15, 0.2) is 0 Å². The zero-order valence-corrected chi connectivity index (χ0v) is 16.2. The van der Waals surface area contributed by atoms with Gasteiger partial charge in [0.05, 0.1) is 18.5 Å². The van der Waals surface area contributed by atoms with Crippen LogP contribution in [0, 0.1) is 12.7 Å². The van der Waals surface area contributed by atoms with Gasteiger partial charge in [0.1, 0.15) is 17.2 Å². The maximum Gasteiger partial charge on any atom is 0.254 e. The van der Waals surface area contributed by atoms with Gasteiger partial charge in [0.25, 0.3) is 5.56 Å². The fraction of sp³-hybridized carbons (Fsp3) is 0.182. The fourth-order valence-corrected chi connectivity index (χ4v) is 3.28. The standard InChI is InChI=1S/C22H21FN4O2/c1-14-20-11-16(13-24-12-15-4-3-5-19(10-15)29-2)22(28)25-21(20)27(26-14)18-8-6-17(23)7-9-18/h3-11,24H,12-13H2,1-2H3,(H,25,28). The summed E-state index contributed by atoms with van der Waals surface area (Å²) in [4.78, 5) is 15.5. The van der Waals surface area contributed by atoms with Crippen LogP contribution in [0.5, 0.6) is 5.75 Å². The van der Waals surface area contributed by atoms with Gasteiger partial charge in [0.2, 0.25) is 0 Å². The van der Waals surface area contributed by atoms with Crippen molar-refractivity contribution in [1.29, 1.82) is 0 Å². The molecule has 0 unspecified atom stereocenters. The molecular weight excluding hydrogens is 371 g/mol. The molecule has 7 heteroatoms. The third-order valence-electron chi connectivity index (χ3n) is 4.80. The number of nitrogens with one attached hydrogen (secondary N) is 2. The predicted octanol–water partition coefficient (Wildman–Crippen LogP) is 3.46. The van der Waals surface area contributed by atoms with Gasteiger partial charge in [-0.15, -0.1) is 0 Å². The van der Waals surface area contributed by atoms with Crippen LogP contribution >= 0.6 is 0 Å². The summed E-state index contributed by atoms with van der Waals surface area (Å²) in [5, 5.41) is 8.66. The number of nitrogens with zero attached hydrogens (tertiary/aromatic N) is 2. The Morgan fingerprint density at radius 3 is 2.69 bits per heavy atom. The predicted molar refractivity (Wildman–Crippen MR) is 110 cm³/mol. The Bertz CT molecular complexity index is 1210. The van der Waals surface area contributed by atoms with E-state index in [9.17, 15) is 9.18 Å². The third kappa shape index (κ3) is 3.90. The minimum absolute atomic E-state index is 0.182. The van der Waals surface area contributed by atoms with E-state index in [0.717, 1.165) is 22.4 Å². The van der Waals surface area contributed by atoms with Crippen LogP contribution in [0.15, 0.2) is 59.4 Å². The highest BCUT2D eigenvalue weighted by Crippen LogP contribution is 2.20. The Hall–Kier alpha value is -3.45. The Morgan fingerprint density at radius 2 is 1.93 bits per heavy atom. The van der Waals surface area contributed by atoms with Crippen LogP contribution in [0.25, 0.3) is 16.7 Å². The molecule has 0 bridgehead atoms. The smallest absolute Gasteiger partial charge is 0.254 e. The Labute approximate surface area is 167 Å². The average Bonchev–Trinajstić information content (AvgIpc) is 3.04. The number of aryl methyl sites for hydroxylation is 1. The van der Waals surface area contributed by atoms with Gasteiger partial charge in [-0.25, -0.2) is 9.07 Å². The van der Waals surface area contributed by atoms with E-state index in [2.05, 4.69) is 15.4 Å². The van der Waals surface area contributed by atoms with E-state index in [4.69, 9.17) is 4.74 Å². The number of hydrogen-bond donors (Lipinski definition) is 2. The van der Waals surface area contributed by atoms with Crippen molar-refractivity contribution in [3.8, 4) is 11.4 Å². The quantitative estimate of drug-likeness (QED) is 0.527. The average molecular weight is 392 g/mol. The molecule has 0 spiro atoms. The molecule has 0 fully saturated rings. The van der Waals surface area contributed by atoms with Crippen LogP contribution in [-0.4, -0.2) is 21.9 Å². The molecular formula is C22H21FN4O2. The first kappa shape index (κ1) is 18.9. The van der Waals surface area contributed by atoms with Crippen molar-refractivity contribution >= 4 is 11.0 Å². The normalized spacial score (nSPS) is 11.1. The monoisotopic (exact) mass is 392 g/mol. The molecule has 2 aromatic heterocycles. The van der Waals surface area contributed by atoms with E-state index in [-0.39, 0.29) is 11.4 Å². The lowest BCUT2D eigenvalue weighted by atomic mass is 10.2. The van der Waals surface area contributed by atoms with Crippen molar-refractivity contribution in [1.82, 2.24) is 20.1 Å². The van der Waals surface area contributed by atoms with Crippen molar-refractivity contribution in [2.45, 2.75) is 20.0 Å². The SMILES string of the molecule is COc1cccc(CNCc2cc3c(C)nn(-c4ccc(F)cc4)c3[nH]c2=O)c1. The van der Waals surface area contributed by atoms with E-state index in [1.807, 2.05) is 37.3 Å². The number of benzene rings is 2. The molecule has 4 rings (SSSR count). The second kappa shape index (κ2) is 7.89. The van der Waals surface area contributed by atoms with Gasteiger partial charge in [-0.05, 0) is 55.0 Å². The first-order chi connectivity index (χ1) is 14.0. The zero-order chi connectivity index (χ0) is 20.4. The van der Waals surface area contributed by atoms with Gasteiger partial charge < -0.3 is 15.0 Å². The number of ether oxygens (including phenoxy) is 1. The van der Waals surface area contributed by atoms with E-state index >= 15 is 0 Å². The van der Waals surface area contributed by atoms with Crippen LogP contribution in [0.1, 0.15) is 16.8 Å². The van der Waals surface area contributed by atoms with Crippen molar-refractivity contribution in [3.63, 3.8) is 0 Å². The first-order valence-electron chi connectivity index (χ1n) is 9.26. The number of fused-ring (bicyclic) bond motifs is 1. The van der Waals surface area contributed by atoms with Gasteiger partial charge in [-0.2, -0.15) is 5.10 Å². The number of H-pyrrole nitrogens is 1. The molecule has 0 radical (unpaired) electrons. The Kier molecular flexibility index (Phi) is 5.14. The molecule has 0 aliphatic carbocycles. The second-order valence-electron chi connectivity index (χ2n) is 6.81. The first-order valence-corrected chi connectivity index (χ1v) is 9.26. The molecule has 2 N–H and O–H groups in total. The molecule has 0 atom stereocenters. The highest BCUT2D eigenvalue weighted by Gasteiger charge is 2.13. The summed E-state index contributed by atoms with van der Waals surface area (Å²) < 4.78 is 20.1. The van der Waals surface area contributed by atoms with Crippen LogP contribution in [0.3, 0.4) is 0 Å². The topological polar surface area (TPSA) is 71.9 Å². The molecule has 2 heterocycles. The highest BCUT2D eigenvalue weighted by atomic mass is 19.1. The lowest BCUT2D eigenvalue weighted by molar-refractivity contribution is 0.414. The fourth-order valence-electron chi connectivity index (χ4n) is 3.28. The molecule has 0 aliphatic rings. The minimum atomic E-state index is -0.320. The van der Waals surface area contributed by atoms with Crippen molar-refractivity contribution < 1.29 is 9.13 Å². The maximum atomic E-state index is 13.2. The molecule has 148 valence electrons. The van der Waals surface area contributed by atoms with Crippen molar-refractivity contribution in [3.05, 3.63) is 87.6 Å². The number of aromatic amines is 1. The van der Waals surface area contributed by atoms with Gasteiger partial charge >= 0.3 is 0 Å². The van der Waals surface area contributed by atoms with Gasteiger partial charge in [0, 0.05) is 24.0 Å². The molecule has 4 aromatic rings. The second-order valence-corrected chi connectivity index (χ2v) is 6.81. The van der Waals surface area contributed by atoms with Crippen LogP contribution in [0.4, 0.5) is 4.39 Å².